The summed E-state index contributed by atoms with van der Waals surface area (Å²) in [6.07, 6.45) is 2.24. The maximum absolute atomic E-state index is 11.8. The molecule has 0 saturated carbocycles. The van der Waals surface area contributed by atoms with Crippen LogP contribution in [-0.4, -0.2) is 11.1 Å². The van der Waals surface area contributed by atoms with Crippen molar-refractivity contribution in [1.82, 2.24) is 0 Å². The van der Waals surface area contributed by atoms with E-state index in [4.69, 9.17) is 4.74 Å². The standard InChI is InChI=1S/C13H15IO3/c1-3-4-5-13(16)9-6-8(2)7-10(14)11(9)12(15)17-13/h6-7,16H,3-5H2,1-2H3. The van der Waals surface area contributed by atoms with E-state index in [0.717, 1.165) is 22.0 Å². The van der Waals surface area contributed by atoms with Gasteiger partial charge in [-0.05, 0) is 53.6 Å². The van der Waals surface area contributed by atoms with Crippen molar-refractivity contribution in [3.8, 4) is 0 Å². The molecule has 1 N–H and O–H groups in total. The van der Waals surface area contributed by atoms with E-state index >= 15 is 0 Å². The van der Waals surface area contributed by atoms with Crippen LogP contribution in [0, 0.1) is 10.5 Å². The van der Waals surface area contributed by atoms with Gasteiger partial charge >= 0.3 is 5.97 Å². The van der Waals surface area contributed by atoms with Crippen molar-refractivity contribution in [2.45, 2.75) is 38.9 Å². The third-order valence-corrected chi connectivity index (χ3v) is 3.84. The highest BCUT2D eigenvalue weighted by Crippen LogP contribution is 2.40. The van der Waals surface area contributed by atoms with Crippen LogP contribution in [0.2, 0.25) is 0 Å². The van der Waals surface area contributed by atoms with Crippen molar-refractivity contribution in [3.05, 3.63) is 32.4 Å². The molecule has 3 nitrogen and oxygen atoms in total. The van der Waals surface area contributed by atoms with Crippen LogP contribution in [0.3, 0.4) is 0 Å². The van der Waals surface area contributed by atoms with Crippen molar-refractivity contribution >= 4 is 28.6 Å². The average Bonchev–Trinajstić information content (AvgIpc) is 2.48. The molecule has 0 radical (unpaired) electrons. The zero-order valence-corrected chi connectivity index (χ0v) is 12.1. The van der Waals surface area contributed by atoms with Gasteiger partial charge in [0.05, 0.1) is 5.56 Å². The molecular weight excluding hydrogens is 331 g/mol. The number of benzene rings is 1. The van der Waals surface area contributed by atoms with Crippen LogP contribution in [0.15, 0.2) is 12.1 Å². The van der Waals surface area contributed by atoms with E-state index in [-0.39, 0.29) is 0 Å². The minimum Gasteiger partial charge on any atom is -0.425 e. The monoisotopic (exact) mass is 346 g/mol. The van der Waals surface area contributed by atoms with Gasteiger partial charge in [-0.15, -0.1) is 0 Å². The first-order valence-electron chi connectivity index (χ1n) is 5.74. The fraction of sp³-hybridized carbons (Fsp3) is 0.462. The van der Waals surface area contributed by atoms with Gasteiger partial charge in [0.15, 0.2) is 0 Å². The molecule has 2 rings (SSSR count). The first kappa shape index (κ1) is 12.8. The van der Waals surface area contributed by atoms with Crippen molar-refractivity contribution in [2.24, 2.45) is 0 Å². The van der Waals surface area contributed by atoms with Crippen LogP contribution < -0.4 is 0 Å². The number of aryl methyl sites for hydroxylation is 1. The summed E-state index contributed by atoms with van der Waals surface area (Å²) in [4.78, 5) is 11.8. The van der Waals surface area contributed by atoms with Gasteiger partial charge in [-0.25, -0.2) is 4.79 Å². The van der Waals surface area contributed by atoms with Gasteiger partial charge in [0.25, 0.3) is 0 Å². The minimum absolute atomic E-state index is 0.414. The highest BCUT2D eigenvalue weighted by Gasteiger charge is 2.44. The van der Waals surface area contributed by atoms with Gasteiger partial charge in [-0.3, -0.25) is 0 Å². The SMILES string of the molecule is CCCCC1(O)OC(=O)c2c(I)cc(C)cc21. The van der Waals surface area contributed by atoms with E-state index in [1.165, 1.54) is 0 Å². The number of rotatable bonds is 3. The molecule has 0 fully saturated rings. The molecule has 0 spiro atoms. The number of ether oxygens (including phenoxy) is 1. The van der Waals surface area contributed by atoms with E-state index in [9.17, 15) is 9.90 Å². The highest BCUT2D eigenvalue weighted by atomic mass is 127. The fourth-order valence-corrected chi connectivity index (χ4v) is 3.12. The van der Waals surface area contributed by atoms with Crippen LogP contribution in [0.25, 0.3) is 0 Å². The Labute approximate surface area is 114 Å². The molecular formula is C13H15IO3. The number of hydrogen-bond donors (Lipinski definition) is 1. The number of aliphatic hydroxyl groups is 1. The topological polar surface area (TPSA) is 46.5 Å². The lowest BCUT2D eigenvalue weighted by molar-refractivity contribution is -0.168. The molecule has 1 aliphatic rings. The van der Waals surface area contributed by atoms with Crippen LogP contribution in [0.4, 0.5) is 0 Å². The third kappa shape index (κ3) is 2.20. The molecule has 4 heteroatoms. The van der Waals surface area contributed by atoms with Gasteiger partial charge in [0.2, 0.25) is 5.79 Å². The summed E-state index contributed by atoms with van der Waals surface area (Å²) in [5.41, 5.74) is 2.18. The second-order valence-electron chi connectivity index (χ2n) is 4.45. The van der Waals surface area contributed by atoms with Crippen LogP contribution in [0.1, 0.15) is 47.7 Å². The first-order chi connectivity index (χ1) is 7.98. The summed E-state index contributed by atoms with van der Waals surface area (Å²) >= 11 is 2.11. The molecule has 1 aliphatic heterocycles. The van der Waals surface area contributed by atoms with Crippen molar-refractivity contribution in [3.63, 3.8) is 0 Å². The van der Waals surface area contributed by atoms with Crippen LogP contribution in [-0.2, 0) is 10.5 Å². The van der Waals surface area contributed by atoms with Crippen LogP contribution in [0.5, 0.6) is 0 Å². The number of cyclic esters (lactones) is 1. The van der Waals surface area contributed by atoms with E-state index in [1.807, 2.05) is 26.0 Å². The quantitative estimate of drug-likeness (QED) is 0.676. The molecule has 1 aromatic rings. The molecule has 1 heterocycles. The summed E-state index contributed by atoms with van der Waals surface area (Å²) in [5, 5.41) is 10.4. The second kappa shape index (κ2) is 4.57. The molecule has 1 aromatic carbocycles. The molecule has 0 aliphatic carbocycles. The van der Waals surface area contributed by atoms with Crippen LogP contribution >= 0.6 is 22.6 Å². The Kier molecular flexibility index (Phi) is 3.45. The van der Waals surface area contributed by atoms with Gasteiger partial charge in [0, 0.05) is 15.6 Å². The lowest BCUT2D eigenvalue weighted by Gasteiger charge is -2.22. The van der Waals surface area contributed by atoms with Gasteiger partial charge in [-0.2, -0.15) is 0 Å². The third-order valence-electron chi connectivity index (χ3n) is 2.99. The Bertz CT molecular complexity index is 470. The second-order valence-corrected chi connectivity index (χ2v) is 5.61. The predicted molar refractivity (Wildman–Crippen MR) is 72.7 cm³/mol. The Morgan fingerprint density at radius 2 is 2.18 bits per heavy atom. The number of fused-ring (bicyclic) bond motifs is 1. The Morgan fingerprint density at radius 3 is 2.82 bits per heavy atom. The number of carbonyl (C=O) groups is 1. The van der Waals surface area contributed by atoms with Gasteiger partial charge < -0.3 is 9.84 Å². The van der Waals surface area contributed by atoms with Crippen molar-refractivity contribution < 1.29 is 14.6 Å². The number of carbonyl (C=O) groups excluding carboxylic acids is 1. The molecule has 92 valence electrons. The van der Waals surface area contributed by atoms with E-state index < -0.39 is 11.8 Å². The molecule has 0 aromatic heterocycles. The molecule has 17 heavy (non-hydrogen) atoms. The lowest BCUT2D eigenvalue weighted by atomic mass is 9.96. The summed E-state index contributed by atoms with van der Waals surface area (Å²) in [6, 6.07) is 3.77. The fourth-order valence-electron chi connectivity index (χ4n) is 2.12. The Hall–Kier alpha value is -0.620. The smallest absolute Gasteiger partial charge is 0.342 e. The Morgan fingerprint density at radius 1 is 1.47 bits per heavy atom. The first-order valence-corrected chi connectivity index (χ1v) is 6.82. The lowest BCUT2D eigenvalue weighted by Crippen LogP contribution is -2.25. The summed E-state index contributed by atoms with van der Waals surface area (Å²) in [6.45, 7) is 3.99. The highest BCUT2D eigenvalue weighted by molar-refractivity contribution is 14.1. The largest absolute Gasteiger partial charge is 0.425 e. The normalized spacial score (nSPS) is 22.5. The summed E-state index contributed by atoms with van der Waals surface area (Å²) in [5.74, 6) is -1.84. The van der Waals surface area contributed by atoms with E-state index in [1.54, 1.807) is 0 Å². The number of unbranched alkanes of at least 4 members (excludes halogenated alkanes) is 1. The van der Waals surface area contributed by atoms with Gasteiger partial charge in [0.1, 0.15) is 0 Å². The number of esters is 1. The molecule has 1 unspecified atom stereocenters. The van der Waals surface area contributed by atoms with E-state index in [2.05, 4.69) is 22.6 Å². The maximum Gasteiger partial charge on any atom is 0.342 e. The molecule has 1 atom stereocenters. The minimum atomic E-state index is -1.42. The predicted octanol–water partition coefficient (Wildman–Crippen LogP) is 3.11. The number of halogens is 1. The zero-order chi connectivity index (χ0) is 12.6. The van der Waals surface area contributed by atoms with E-state index in [0.29, 0.717) is 17.5 Å². The van der Waals surface area contributed by atoms with Crippen molar-refractivity contribution in [2.75, 3.05) is 0 Å². The summed E-state index contributed by atoms with van der Waals surface area (Å²) < 4.78 is 6.01. The van der Waals surface area contributed by atoms with Crippen molar-refractivity contribution in [1.29, 1.82) is 0 Å². The average molecular weight is 346 g/mol. The maximum atomic E-state index is 11.8. The molecule has 0 bridgehead atoms. The summed E-state index contributed by atoms with van der Waals surface area (Å²) in [7, 11) is 0. The van der Waals surface area contributed by atoms with Gasteiger partial charge in [-0.1, -0.05) is 13.3 Å². The molecule has 0 amide bonds. The Balaban J connectivity index is 2.49. The zero-order valence-electron chi connectivity index (χ0n) is 9.92. The number of hydrogen-bond acceptors (Lipinski definition) is 3. The molecule has 0 saturated heterocycles.